The normalized spacial score (nSPS) is 10.7. The predicted octanol–water partition coefficient (Wildman–Crippen LogP) is 3.16. The van der Waals surface area contributed by atoms with Crippen molar-refractivity contribution in [1.82, 2.24) is 4.40 Å². The van der Waals surface area contributed by atoms with E-state index >= 15 is 0 Å². The minimum absolute atomic E-state index is 0.000647. The summed E-state index contributed by atoms with van der Waals surface area (Å²) in [5.41, 5.74) is 0.175. The van der Waals surface area contributed by atoms with Crippen molar-refractivity contribution in [2.45, 2.75) is 0 Å². The number of nitriles is 1. The molecule has 1 aromatic carbocycles. The van der Waals surface area contributed by atoms with Gasteiger partial charge in [-0.1, -0.05) is 6.07 Å². The Bertz CT molecular complexity index is 1000. The Morgan fingerprint density at radius 2 is 1.96 bits per heavy atom. The van der Waals surface area contributed by atoms with Crippen LogP contribution in [0.5, 0.6) is 5.75 Å². The van der Waals surface area contributed by atoms with Gasteiger partial charge in [-0.25, -0.2) is 13.6 Å². The molecule has 0 atom stereocenters. The fourth-order valence-electron chi connectivity index (χ4n) is 2.43. The smallest absolute Gasteiger partial charge is 0.339 e. The molecule has 0 aliphatic carbocycles. The molecule has 0 unspecified atom stereocenters. The SMILES string of the molecule is N#Cc1cc(-c2ccc(C(=O)O)c(O)c2)n2cc(F)cc(F)c12. The quantitative estimate of drug-likeness (QED) is 0.761. The van der Waals surface area contributed by atoms with Crippen LogP contribution in [0, 0.1) is 23.0 Å². The Balaban J connectivity index is 2.31. The van der Waals surface area contributed by atoms with Gasteiger partial charge in [0.2, 0.25) is 0 Å². The van der Waals surface area contributed by atoms with Crippen molar-refractivity contribution < 1.29 is 23.8 Å². The van der Waals surface area contributed by atoms with Gasteiger partial charge in [0.05, 0.1) is 16.8 Å². The maximum Gasteiger partial charge on any atom is 0.339 e. The first-order valence-corrected chi connectivity index (χ1v) is 6.39. The van der Waals surface area contributed by atoms with E-state index in [0.717, 1.165) is 16.7 Å². The second kappa shape index (κ2) is 5.10. The molecule has 0 saturated heterocycles. The number of aromatic hydroxyl groups is 1. The summed E-state index contributed by atoms with van der Waals surface area (Å²) in [5.74, 6) is -3.51. The summed E-state index contributed by atoms with van der Waals surface area (Å²) in [6, 6.07) is 7.56. The zero-order valence-corrected chi connectivity index (χ0v) is 11.4. The van der Waals surface area contributed by atoms with E-state index in [-0.39, 0.29) is 22.3 Å². The molecule has 0 fully saturated rings. The molecule has 5 nitrogen and oxygen atoms in total. The van der Waals surface area contributed by atoms with E-state index in [1.54, 1.807) is 0 Å². The highest BCUT2D eigenvalue weighted by atomic mass is 19.1. The van der Waals surface area contributed by atoms with Crippen LogP contribution in [-0.2, 0) is 0 Å². The Morgan fingerprint density at radius 1 is 1.22 bits per heavy atom. The van der Waals surface area contributed by atoms with Gasteiger partial charge in [-0.3, -0.25) is 0 Å². The van der Waals surface area contributed by atoms with Crippen molar-refractivity contribution in [3.63, 3.8) is 0 Å². The number of carboxylic acids is 1. The van der Waals surface area contributed by atoms with Gasteiger partial charge < -0.3 is 14.6 Å². The molecule has 0 saturated carbocycles. The molecule has 114 valence electrons. The van der Waals surface area contributed by atoms with Crippen molar-refractivity contribution in [1.29, 1.82) is 5.26 Å². The first-order valence-electron chi connectivity index (χ1n) is 6.39. The monoisotopic (exact) mass is 314 g/mol. The Morgan fingerprint density at radius 3 is 2.57 bits per heavy atom. The number of rotatable bonds is 2. The number of benzene rings is 1. The van der Waals surface area contributed by atoms with Crippen LogP contribution in [0.15, 0.2) is 36.5 Å². The largest absolute Gasteiger partial charge is 0.507 e. The third-order valence-electron chi connectivity index (χ3n) is 3.42. The zero-order valence-electron chi connectivity index (χ0n) is 11.4. The summed E-state index contributed by atoms with van der Waals surface area (Å²) in [6.07, 6.45) is 1.01. The lowest BCUT2D eigenvalue weighted by Gasteiger charge is -2.06. The van der Waals surface area contributed by atoms with Gasteiger partial charge in [0.15, 0.2) is 5.82 Å². The summed E-state index contributed by atoms with van der Waals surface area (Å²) >= 11 is 0. The number of hydrogen-bond donors (Lipinski definition) is 2. The first-order chi connectivity index (χ1) is 10.9. The van der Waals surface area contributed by atoms with E-state index in [2.05, 4.69) is 0 Å². The molecule has 0 aliphatic rings. The van der Waals surface area contributed by atoms with Gasteiger partial charge >= 0.3 is 5.97 Å². The molecule has 0 spiro atoms. The van der Waals surface area contributed by atoms with Gasteiger partial charge in [-0.05, 0) is 18.2 Å². The first kappa shape index (κ1) is 14.5. The minimum atomic E-state index is -1.30. The molecular formula is C16H8F2N2O3. The molecular weight excluding hydrogens is 306 g/mol. The average Bonchev–Trinajstić information content (AvgIpc) is 2.85. The number of pyridine rings is 1. The standard InChI is InChI=1S/C16H8F2N2O3/c17-10-5-12(18)15-9(6-19)3-13(20(15)7-10)8-1-2-11(16(22)23)14(21)4-8/h1-5,7,21H,(H,22,23). The molecule has 2 N–H and O–H groups in total. The van der Waals surface area contributed by atoms with Crippen LogP contribution in [0.4, 0.5) is 8.78 Å². The topological polar surface area (TPSA) is 85.7 Å². The van der Waals surface area contributed by atoms with Gasteiger partial charge in [-0.15, -0.1) is 0 Å². The number of hydrogen-bond acceptors (Lipinski definition) is 3. The van der Waals surface area contributed by atoms with Crippen LogP contribution in [0.1, 0.15) is 15.9 Å². The number of fused-ring (bicyclic) bond motifs is 1. The Labute approximate surface area is 128 Å². The minimum Gasteiger partial charge on any atom is -0.507 e. The number of carboxylic acid groups (broad SMARTS) is 1. The second-order valence-electron chi connectivity index (χ2n) is 4.82. The van der Waals surface area contributed by atoms with E-state index in [1.165, 1.54) is 18.2 Å². The molecule has 0 amide bonds. The summed E-state index contributed by atoms with van der Waals surface area (Å²) in [5, 5.41) is 27.8. The highest BCUT2D eigenvalue weighted by Crippen LogP contribution is 2.31. The highest BCUT2D eigenvalue weighted by molar-refractivity contribution is 5.91. The summed E-state index contributed by atoms with van der Waals surface area (Å²) in [7, 11) is 0. The molecule has 23 heavy (non-hydrogen) atoms. The highest BCUT2D eigenvalue weighted by Gasteiger charge is 2.17. The molecule has 2 heterocycles. The van der Waals surface area contributed by atoms with Crippen molar-refractivity contribution in [3.8, 4) is 23.1 Å². The zero-order chi connectivity index (χ0) is 16.7. The fraction of sp³-hybridized carbons (Fsp3) is 0. The van der Waals surface area contributed by atoms with Crippen molar-refractivity contribution >= 4 is 11.5 Å². The molecule has 0 aliphatic heterocycles. The van der Waals surface area contributed by atoms with E-state index in [4.69, 9.17) is 10.4 Å². The number of nitrogens with zero attached hydrogens (tertiary/aromatic N) is 2. The number of carbonyl (C=O) groups is 1. The number of aromatic carboxylic acids is 1. The van der Waals surface area contributed by atoms with Crippen molar-refractivity contribution in [2.75, 3.05) is 0 Å². The lowest BCUT2D eigenvalue weighted by atomic mass is 10.1. The van der Waals surface area contributed by atoms with Crippen molar-refractivity contribution in [2.24, 2.45) is 0 Å². The Hall–Kier alpha value is -3.40. The van der Waals surface area contributed by atoms with Gasteiger partial charge in [0, 0.05) is 17.8 Å². The maximum absolute atomic E-state index is 13.9. The fourth-order valence-corrected chi connectivity index (χ4v) is 2.43. The second-order valence-corrected chi connectivity index (χ2v) is 4.82. The van der Waals surface area contributed by atoms with Crippen molar-refractivity contribution in [3.05, 3.63) is 59.3 Å². The third kappa shape index (κ3) is 2.26. The maximum atomic E-state index is 13.9. The van der Waals surface area contributed by atoms with Crippen LogP contribution in [-0.4, -0.2) is 20.6 Å². The van der Waals surface area contributed by atoms with Gasteiger partial charge in [0.1, 0.15) is 23.2 Å². The molecule has 3 aromatic rings. The molecule has 7 heteroatoms. The number of phenols is 1. The van der Waals surface area contributed by atoms with E-state index < -0.39 is 23.4 Å². The summed E-state index contributed by atoms with van der Waals surface area (Å²) in [4.78, 5) is 10.9. The molecule has 3 rings (SSSR count). The summed E-state index contributed by atoms with van der Waals surface area (Å²) < 4.78 is 28.6. The molecule has 2 aromatic heterocycles. The average molecular weight is 314 g/mol. The molecule has 0 radical (unpaired) electrons. The predicted molar refractivity (Wildman–Crippen MR) is 76.1 cm³/mol. The lowest BCUT2D eigenvalue weighted by molar-refractivity contribution is 0.0694. The number of halogens is 2. The van der Waals surface area contributed by atoms with Crippen LogP contribution in [0.3, 0.4) is 0 Å². The summed E-state index contributed by atoms with van der Waals surface area (Å²) in [6.45, 7) is 0. The molecule has 0 bridgehead atoms. The van der Waals surface area contributed by atoms with Crippen LogP contribution >= 0.6 is 0 Å². The lowest BCUT2D eigenvalue weighted by Crippen LogP contribution is -1.97. The third-order valence-corrected chi connectivity index (χ3v) is 3.42. The van der Waals surface area contributed by atoms with E-state index in [0.29, 0.717) is 11.6 Å². The van der Waals surface area contributed by atoms with Gasteiger partial charge in [-0.2, -0.15) is 5.26 Å². The van der Waals surface area contributed by atoms with Crippen LogP contribution in [0.25, 0.3) is 16.8 Å². The number of aromatic nitrogens is 1. The van der Waals surface area contributed by atoms with E-state index in [9.17, 15) is 18.7 Å². The van der Waals surface area contributed by atoms with Crippen LogP contribution in [0.2, 0.25) is 0 Å². The van der Waals surface area contributed by atoms with E-state index in [1.807, 2.05) is 6.07 Å². The Kier molecular flexibility index (Phi) is 3.22. The van der Waals surface area contributed by atoms with Gasteiger partial charge in [0.25, 0.3) is 0 Å². The van der Waals surface area contributed by atoms with Crippen LogP contribution < -0.4 is 0 Å².